The molecule has 0 aliphatic carbocycles. The Labute approximate surface area is 145 Å². The summed E-state index contributed by atoms with van der Waals surface area (Å²) in [5.41, 5.74) is 2.03. The Morgan fingerprint density at radius 1 is 1.25 bits per heavy atom. The van der Waals surface area contributed by atoms with Crippen LogP contribution in [0.4, 0.5) is 0 Å². The van der Waals surface area contributed by atoms with Gasteiger partial charge < -0.3 is 10.1 Å². The number of hydrogen-bond acceptors (Lipinski definition) is 4. The number of nitriles is 1. The molecule has 2 heterocycles. The molecule has 2 aliphatic rings. The fourth-order valence-electron chi connectivity index (χ4n) is 3.91. The molecule has 2 fully saturated rings. The van der Waals surface area contributed by atoms with Gasteiger partial charge in [0.1, 0.15) is 0 Å². The standard InChI is InChI=1S/C20H29N3O/c1-2-19(20-4-3-13-24-20)22-18-9-11-23(12-10-18)15-17-7-5-16(14-21)6-8-17/h5-8,18-20,22H,2-4,9-13,15H2,1H3/t19-,20+/m1/s1. The van der Waals surface area contributed by atoms with Gasteiger partial charge in [0, 0.05) is 25.2 Å². The number of nitrogens with one attached hydrogen (secondary N) is 1. The topological polar surface area (TPSA) is 48.3 Å². The second kappa shape index (κ2) is 8.62. The minimum absolute atomic E-state index is 0.423. The molecule has 0 bridgehead atoms. The van der Waals surface area contributed by atoms with E-state index in [-0.39, 0.29) is 0 Å². The molecule has 4 nitrogen and oxygen atoms in total. The fraction of sp³-hybridized carbons (Fsp3) is 0.650. The summed E-state index contributed by atoms with van der Waals surface area (Å²) in [5, 5.41) is 12.7. The molecule has 2 aliphatic heterocycles. The second-order valence-electron chi connectivity index (χ2n) is 7.09. The van der Waals surface area contributed by atoms with Crippen LogP contribution in [0.3, 0.4) is 0 Å². The third-order valence-corrected chi connectivity index (χ3v) is 5.38. The van der Waals surface area contributed by atoms with Crippen LogP contribution in [0.2, 0.25) is 0 Å². The van der Waals surface area contributed by atoms with Crippen molar-refractivity contribution < 1.29 is 4.74 Å². The van der Waals surface area contributed by atoms with E-state index in [1.165, 1.54) is 31.2 Å². The molecule has 1 N–H and O–H groups in total. The van der Waals surface area contributed by atoms with Gasteiger partial charge in [0.2, 0.25) is 0 Å². The van der Waals surface area contributed by atoms with Gasteiger partial charge in [-0.05, 0) is 62.9 Å². The van der Waals surface area contributed by atoms with Gasteiger partial charge in [0.25, 0.3) is 0 Å². The largest absolute Gasteiger partial charge is 0.377 e. The van der Waals surface area contributed by atoms with Crippen LogP contribution in [0.15, 0.2) is 24.3 Å². The maximum Gasteiger partial charge on any atom is 0.0991 e. The molecule has 0 amide bonds. The summed E-state index contributed by atoms with van der Waals surface area (Å²) in [5.74, 6) is 0. The van der Waals surface area contributed by atoms with Crippen molar-refractivity contribution in [2.75, 3.05) is 19.7 Å². The van der Waals surface area contributed by atoms with Crippen LogP contribution in [0.25, 0.3) is 0 Å². The lowest BCUT2D eigenvalue weighted by molar-refractivity contribution is 0.0668. The lowest BCUT2D eigenvalue weighted by atomic mass is 9.99. The van der Waals surface area contributed by atoms with Crippen molar-refractivity contribution >= 4 is 0 Å². The van der Waals surface area contributed by atoms with Gasteiger partial charge in [-0.2, -0.15) is 5.26 Å². The van der Waals surface area contributed by atoms with Crippen LogP contribution in [0, 0.1) is 11.3 Å². The first-order valence-electron chi connectivity index (χ1n) is 9.37. The summed E-state index contributed by atoms with van der Waals surface area (Å²) >= 11 is 0. The average molecular weight is 327 g/mol. The van der Waals surface area contributed by atoms with Crippen molar-refractivity contribution in [2.45, 2.75) is 63.8 Å². The molecule has 2 saturated heterocycles. The maximum atomic E-state index is 8.87. The first kappa shape index (κ1) is 17.4. The Morgan fingerprint density at radius 3 is 2.58 bits per heavy atom. The summed E-state index contributed by atoms with van der Waals surface area (Å²) in [6.45, 7) is 6.46. The predicted octanol–water partition coefficient (Wildman–Crippen LogP) is 3.07. The highest BCUT2D eigenvalue weighted by molar-refractivity contribution is 5.31. The summed E-state index contributed by atoms with van der Waals surface area (Å²) in [6.07, 6.45) is 6.41. The van der Waals surface area contributed by atoms with Crippen molar-refractivity contribution in [3.8, 4) is 6.07 Å². The van der Waals surface area contributed by atoms with Crippen LogP contribution >= 0.6 is 0 Å². The summed E-state index contributed by atoms with van der Waals surface area (Å²) in [6, 6.07) is 11.3. The zero-order valence-corrected chi connectivity index (χ0v) is 14.7. The van der Waals surface area contributed by atoms with Crippen LogP contribution in [0.1, 0.15) is 50.2 Å². The molecule has 0 unspecified atom stereocenters. The molecular weight excluding hydrogens is 298 g/mol. The molecular formula is C20H29N3O. The van der Waals surface area contributed by atoms with E-state index >= 15 is 0 Å². The van der Waals surface area contributed by atoms with E-state index in [2.05, 4.69) is 35.3 Å². The number of likely N-dealkylation sites (tertiary alicyclic amines) is 1. The molecule has 4 heteroatoms. The minimum Gasteiger partial charge on any atom is -0.377 e. The van der Waals surface area contributed by atoms with E-state index in [0.29, 0.717) is 18.2 Å². The van der Waals surface area contributed by atoms with Gasteiger partial charge in [0.15, 0.2) is 0 Å². The smallest absolute Gasteiger partial charge is 0.0991 e. The second-order valence-corrected chi connectivity index (χ2v) is 7.09. The van der Waals surface area contributed by atoms with Gasteiger partial charge in [0.05, 0.1) is 17.7 Å². The van der Waals surface area contributed by atoms with E-state index in [4.69, 9.17) is 10.00 Å². The normalized spacial score (nSPS) is 23.9. The Hall–Kier alpha value is -1.41. The monoisotopic (exact) mass is 327 g/mol. The minimum atomic E-state index is 0.423. The first-order valence-corrected chi connectivity index (χ1v) is 9.37. The van der Waals surface area contributed by atoms with Gasteiger partial charge in [-0.3, -0.25) is 4.90 Å². The van der Waals surface area contributed by atoms with Crippen molar-refractivity contribution in [1.29, 1.82) is 5.26 Å². The fourth-order valence-corrected chi connectivity index (χ4v) is 3.91. The quantitative estimate of drug-likeness (QED) is 0.872. The van der Waals surface area contributed by atoms with Crippen molar-refractivity contribution in [1.82, 2.24) is 10.2 Å². The number of ether oxygens (including phenoxy) is 1. The van der Waals surface area contributed by atoms with E-state index in [1.54, 1.807) is 0 Å². The van der Waals surface area contributed by atoms with Crippen LogP contribution in [-0.4, -0.2) is 42.8 Å². The van der Waals surface area contributed by atoms with Crippen molar-refractivity contribution in [3.63, 3.8) is 0 Å². The van der Waals surface area contributed by atoms with E-state index in [9.17, 15) is 0 Å². The molecule has 24 heavy (non-hydrogen) atoms. The summed E-state index contributed by atoms with van der Waals surface area (Å²) in [7, 11) is 0. The number of piperidine rings is 1. The van der Waals surface area contributed by atoms with E-state index < -0.39 is 0 Å². The Balaban J connectivity index is 1.44. The highest BCUT2D eigenvalue weighted by Crippen LogP contribution is 2.20. The van der Waals surface area contributed by atoms with Crippen molar-refractivity contribution in [3.05, 3.63) is 35.4 Å². The molecule has 130 valence electrons. The SMILES string of the molecule is CC[C@@H](NC1CCN(Cc2ccc(C#N)cc2)CC1)[C@@H]1CCCO1. The molecule has 1 aromatic rings. The Morgan fingerprint density at radius 2 is 2.00 bits per heavy atom. The van der Waals surface area contributed by atoms with Gasteiger partial charge in [-0.1, -0.05) is 19.1 Å². The maximum absolute atomic E-state index is 8.87. The average Bonchev–Trinajstić information content (AvgIpc) is 3.16. The highest BCUT2D eigenvalue weighted by Gasteiger charge is 2.28. The molecule has 0 aromatic heterocycles. The number of nitrogens with zero attached hydrogens (tertiary/aromatic N) is 2. The molecule has 1 aromatic carbocycles. The van der Waals surface area contributed by atoms with Gasteiger partial charge in [-0.25, -0.2) is 0 Å². The number of rotatable bonds is 6. The summed E-state index contributed by atoms with van der Waals surface area (Å²) in [4.78, 5) is 2.52. The zero-order valence-electron chi connectivity index (χ0n) is 14.7. The Kier molecular flexibility index (Phi) is 6.25. The third-order valence-electron chi connectivity index (χ3n) is 5.38. The number of hydrogen-bond donors (Lipinski definition) is 1. The molecule has 0 saturated carbocycles. The molecule has 0 spiro atoms. The highest BCUT2D eigenvalue weighted by atomic mass is 16.5. The van der Waals surface area contributed by atoms with Crippen LogP contribution in [-0.2, 0) is 11.3 Å². The van der Waals surface area contributed by atoms with E-state index in [0.717, 1.165) is 38.2 Å². The Bertz CT molecular complexity index is 537. The predicted molar refractivity (Wildman–Crippen MR) is 95.6 cm³/mol. The molecule has 3 rings (SSSR count). The van der Waals surface area contributed by atoms with Crippen molar-refractivity contribution in [2.24, 2.45) is 0 Å². The number of benzene rings is 1. The van der Waals surface area contributed by atoms with Crippen LogP contribution in [0.5, 0.6) is 0 Å². The third kappa shape index (κ3) is 4.57. The van der Waals surface area contributed by atoms with Gasteiger partial charge >= 0.3 is 0 Å². The first-order chi connectivity index (χ1) is 11.8. The lowest BCUT2D eigenvalue weighted by Gasteiger charge is -2.35. The summed E-state index contributed by atoms with van der Waals surface area (Å²) < 4.78 is 5.87. The van der Waals surface area contributed by atoms with E-state index in [1.807, 2.05) is 12.1 Å². The van der Waals surface area contributed by atoms with Gasteiger partial charge in [-0.15, -0.1) is 0 Å². The molecule has 2 atom stereocenters. The van der Waals surface area contributed by atoms with Crippen LogP contribution < -0.4 is 5.32 Å². The molecule has 0 radical (unpaired) electrons. The lowest BCUT2D eigenvalue weighted by Crippen LogP contribution is -2.49. The zero-order chi connectivity index (χ0) is 16.8.